The molecule has 0 unspecified atom stereocenters. The number of aryl methyl sites for hydroxylation is 1. The molecule has 1 fully saturated rings. The third-order valence-corrected chi connectivity index (χ3v) is 1.59. The molecule has 1 aliphatic rings. The average Bonchev–Trinajstić information content (AvgIpc) is 2.27. The van der Waals surface area contributed by atoms with Gasteiger partial charge in [0.25, 0.3) is 0 Å². The Morgan fingerprint density at radius 2 is 2.55 bits per heavy atom. The lowest BCUT2D eigenvalue weighted by Crippen LogP contribution is -2.38. The molecule has 0 atom stereocenters. The van der Waals surface area contributed by atoms with Gasteiger partial charge in [-0.05, 0) is 0 Å². The smallest absolute Gasteiger partial charge is 0.157 e. The van der Waals surface area contributed by atoms with Crippen LogP contribution in [0.2, 0.25) is 0 Å². The van der Waals surface area contributed by atoms with E-state index in [1.807, 2.05) is 13.2 Å². The van der Waals surface area contributed by atoms with E-state index < -0.39 is 0 Å². The summed E-state index contributed by atoms with van der Waals surface area (Å²) in [6.45, 7) is 1.41. The van der Waals surface area contributed by atoms with Crippen LogP contribution in [0.25, 0.3) is 0 Å². The number of aromatic nitrogens is 2. The number of rotatable bonds is 2. The van der Waals surface area contributed by atoms with Crippen LogP contribution in [-0.4, -0.2) is 29.1 Å². The van der Waals surface area contributed by atoms with Gasteiger partial charge in [0.05, 0.1) is 25.6 Å². The minimum Gasteiger partial charge on any atom is -0.482 e. The fourth-order valence-electron chi connectivity index (χ4n) is 0.934. The Bertz CT molecular complexity index is 242. The Morgan fingerprint density at radius 1 is 1.73 bits per heavy atom. The maximum atomic E-state index is 5.46. The van der Waals surface area contributed by atoms with E-state index in [2.05, 4.69) is 5.10 Å². The van der Waals surface area contributed by atoms with Crippen LogP contribution in [0.15, 0.2) is 12.4 Å². The van der Waals surface area contributed by atoms with E-state index in [-0.39, 0.29) is 6.10 Å². The third kappa shape index (κ3) is 1.35. The van der Waals surface area contributed by atoms with Crippen molar-refractivity contribution >= 4 is 0 Å². The van der Waals surface area contributed by atoms with Crippen LogP contribution in [0.1, 0.15) is 0 Å². The van der Waals surface area contributed by atoms with Gasteiger partial charge < -0.3 is 9.47 Å². The van der Waals surface area contributed by atoms with Crippen LogP contribution in [0, 0.1) is 0 Å². The van der Waals surface area contributed by atoms with E-state index in [0.717, 1.165) is 5.75 Å². The monoisotopic (exact) mass is 154 g/mol. The van der Waals surface area contributed by atoms with Crippen molar-refractivity contribution in [1.82, 2.24) is 9.78 Å². The van der Waals surface area contributed by atoms with Crippen LogP contribution in [0.3, 0.4) is 0 Å². The summed E-state index contributed by atoms with van der Waals surface area (Å²) in [4.78, 5) is 0. The van der Waals surface area contributed by atoms with Crippen molar-refractivity contribution in [3.63, 3.8) is 0 Å². The summed E-state index contributed by atoms with van der Waals surface area (Å²) in [5.41, 5.74) is 0. The van der Waals surface area contributed by atoms with Crippen molar-refractivity contribution in [2.24, 2.45) is 7.05 Å². The SMILES string of the molecule is Cn1cc(OC2COC2)cn1. The molecule has 4 heteroatoms. The highest BCUT2D eigenvalue weighted by molar-refractivity contribution is 5.12. The molecule has 11 heavy (non-hydrogen) atoms. The van der Waals surface area contributed by atoms with E-state index in [4.69, 9.17) is 9.47 Å². The highest BCUT2D eigenvalue weighted by Crippen LogP contribution is 2.13. The normalized spacial score (nSPS) is 17.9. The largest absolute Gasteiger partial charge is 0.482 e. The van der Waals surface area contributed by atoms with Gasteiger partial charge in [-0.3, -0.25) is 4.68 Å². The molecule has 1 aliphatic heterocycles. The number of nitrogens with zero attached hydrogens (tertiary/aromatic N) is 2. The fourth-order valence-corrected chi connectivity index (χ4v) is 0.934. The molecule has 0 saturated carbocycles. The van der Waals surface area contributed by atoms with E-state index in [9.17, 15) is 0 Å². The van der Waals surface area contributed by atoms with Gasteiger partial charge in [-0.15, -0.1) is 0 Å². The van der Waals surface area contributed by atoms with Crippen LogP contribution in [-0.2, 0) is 11.8 Å². The van der Waals surface area contributed by atoms with E-state index >= 15 is 0 Å². The molecular weight excluding hydrogens is 144 g/mol. The first kappa shape index (κ1) is 6.67. The summed E-state index contributed by atoms with van der Waals surface area (Å²) in [6, 6.07) is 0. The molecule has 0 spiro atoms. The van der Waals surface area contributed by atoms with Gasteiger partial charge in [0.2, 0.25) is 0 Å². The van der Waals surface area contributed by atoms with E-state index in [1.165, 1.54) is 0 Å². The summed E-state index contributed by atoms with van der Waals surface area (Å²) in [5.74, 6) is 0.820. The Morgan fingerprint density at radius 3 is 3.00 bits per heavy atom. The van der Waals surface area contributed by atoms with Crippen LogP contribution in [0.4, 0.5) is 0 Å². The highest BCUT2D eigenvalue weighted by atomic mass is 16.6. The molecule has 0 amide bonds. The first-order chi connectivity index (χ1) is 5.34. The quantitative estimate of drug-likeness (QED) is 0.610. The second-order valence-electron chi connectivity index (χ2n) is 2.63. The van der Waals surface area contributed by atoms with Gasteiger partial charge in [0.1, 0.15) is 6.10 Å². The predicted octanol–water partition coefficient (Wildman–Crippen LogP) is 0.198. The standard InChI is InChI=1S/C7H10N2O2/c1-9-3-6(2-8-9)11-7-4-10-5-7/h2-3,7H,4-5H2,1H3. The lowest BCUT2D eigenvalue weighted by molar-refractivity contribution is -0.0797. The molecule has 0 bridgehead atoms. The first-order valence-electron chi connectivity index (χ1n) is 3.57. The van der Waals surface area contributed by atoms with Crippen molar-refractivity contribution in [2.75, 3.05) is 13.2 Å². The van der Waals surface area contributed by atoms with Gasteiger partial charge >= 0.3 is 0 Å². The Labute approximate surface area is 64.7 Å². The lowest BCUT2D eigenvalue weighted by atomic mass is 10.3. The number of ether oxygens (including phenoxy) is 2. The fraction of sp³-hybridized carbons (Fsp3) is 0.571. The van der Waals surface area contributed by atoms with Gasteiger partial charge in [-0.1, -0.05) is 0 Å². The van der Waals surface area contributed by atoms with Gasteiger partial charge in [0, 0.05) is 7.05 Å². The third-order valence-electron chi connectivity index (χ3n) is 1.59. The predicted molar refractivity (Wildman–Crippen MR) is 38.4 cm³/mol. The molecule has 1 aromatic heterocycles. The molecule has 0 N–H and O–H groups in total. The van der Waals surface area contributed by atoms with Crippen LogP contribution < -0.4 is 4.74 Å². The highest BCUT2D eigenvalue weighted by Gasteiger charge is 2.20. The van der Waals surface area contributed by atoms with E-state index in [0.29, 0.717) is 13.2 Å². The van der Waals surface area contributed by atoms with Gasteiger partial charge in [0.15, 0.2) is 5.75 Å². The molecule has 0 aromatic carbocycles. The zero-order valence-electron chi connectivity index (χ0n) is 6.36. The van der Waals surface area contributed by atoms with Crippen molar-refractivity contribution in [3.8, 4) is 5.75 Å². The average molecular weight is 154 g/mol. The van der Waals surface area contributed by atoms with Crippen LogP contribution >= 0.6 is 0 Å². The topological polar surface area (TPSA) is 36.3 Å². The molecule has 1 aromatic rings. The second kappa shape index (κ2) is 2.54. The van der Waals surface area contributed by atoms with Crippen molar-refractivity contribution in [2.45, 2.75) is 6.10 Å². The lowest BCUT2D eigenvalue weighted by Gasteiger charge is -2.25. The molecule has 2 heterocycles. The maximum Gasteiger partial charge on any atom is 0.157 e. The van der Waals surface area contributed by atoms with Gasteiger partial charge in [-0.25, -0.2) is 0 Å². The zero-order chi connectivity index (χ0) is 7.68. The summed E-state index contributed by atoms with van der Waals surface area (Å²) in [7, 11) is 1.87. The summed E-state index contributed by atoms with van der Waals surface area (Å²) < 4.78 is 12.1. The molecule has 60 valence electrons. The van der Waals surface area contributed by atoms with Crippen molar-refractivity contribution in [1.29, 1.82) is 0 Å². The maximum absolute atomic E-state index is 5.46. The Kier molecular flexibility index (Phi) is 1.54. The Hall–Kier alpha value is -1.03. The number of hydrogen-bond acceptors (Lipinski definition) is 3. The minimum absolute atomic E-state index is 0.235. The summed E-state index contributed by atoms with van der Waals surface area (Å²) >= 11 is 0. The first-order valence-corrected chi connectivity index (χ1v) is 3.57. The molecule has 4 nitrogen and oxygen atoms in total. The molecule has 1 saturated heterocycles. The molecule has 0 aliphatic carbocycles. The zero-order valence-corrected chi connectivity index (χ0v) is 6.36. The van der Waals surface area contributed by atoms with E-state index in [1.54, 1.807) is 10.9 Å². The van der Waals surface area contributed by atoms with Crippen molar-refractivity contribution in [3.05, 3.63) is 12.4 Å². The van der Waals surface area contributed by atoms with Crippen molar-refractivity contribution < 1.29 is 9.47 Å². The van der Waals surface area contributed by atoms with Gasteiger partial charge in [-0.2, -0.15) is 5.10 Å². The summed E-state index contributed by atoms with van der Waals surface area (Å²) in [6.07, 6.45) is 3.79. The Balaban J connectivity index is 1.95. The molecular formula is C7H10N2O2. The summed E-state index contributed by atoms with van der Waals surface area (Å²) in [5, 5.41) is 3.98. The molecule has 0 radical (unpaired) electrons. The molecule has 2 rings (SSSR count). The van der Waals surface area contributed by atoms with Crippen LogP contribution in [0.5, 0.6) is 5.75 Å². The second-order valence-corrected chi connectivity index (χ2v) is 2.63. The number of hydrogen-bond donors (Lipinski definition) is 0. The minimum atomic E-state index is 0.235.